The zero-order valence-corrected chi connectivity index (χ0v) is 12.3. The maximum Gasteiger partial charge on any atom is 0.138 e. The fourth-order valence-electron chi connectivity index (χ4n) is 2.97. The van der Waals surface area contributed by atoms with Crippen LogP contribution < -0.4 is 5.73 Å². The number of anilines is 1. The van der Waals surface area contributed by atoms with Crippen molar-refractivity contribution in [3.8, 4) is 0 Å². The van der Waals surface area contributed by atoms with Crippen LogP contribution in [-0.4, -0.2) is 30.7 Å². The number of benzene rings is 1. The highest BCUT2D eigenvalue weighted by atomic mass is 32.2. The summed E-state index contributed by atoms with van der Waals surface area (Å²) in [5.41, 5.74) is 6.02. The summed E-state index contributed by atoms with van der Waals surface area (Å²) in [6.45, 7) is 2.30. The van der Waals surface area contributed by atoms with E-state index in [4.69, 9.17) is 15.2 Å². The van der Waals surface area contributed by atoms with Gasteiger partial charge in [0.15, 0.2) is 0 Å². The third kappa shape index (κ3) is 3.10. The zero-order chi connectivity index (χ0) is 14.0. The highest BCUT2D eigenvalue weighted by molar-refractivity contribution is 8.00. The number of halogens is 1. The molecule has 0 amide bonds. The molecule has 2 aliphatic heterocycles. The van der Waals surface area contributed by atoms with E-state index in [0.29, 0.717) is 15.8 Å². The molecule has 0 aromatic heterocycles. The Morgan fingerprint density at radius 2 is 2.05 bits per heavy atom. The van der Waals surface area contributed by atoms with Gasteiger partial charge in [-0.15, -0.1) is 11.8 Å². The summed E-state index contributed by atoms with van der Waals surface area (Å²) in [5, 5.41) is 0.403. The van der Waals surface area contributed by atoms with Crippen molar-refractivity contribution in [3.05, 3.63) is 24.0 Å². The van der Waals surface area contributed by atoms with E-state index >= 15 is 0 Å². The fourth-order valence-corrected chi connectivity index (χ4v) is 4.25. The van der Waals surface area contributed by atoms with Gasteiger partial charge in [-0.3, -0.25) is 0 Å². The van der Waals surface area contributed by atoms with Crippen LogP contribution in [0, 0.1) is 5.82 Å². The van der Waals surface area contributed by atoms with Gasteiger partial charge in [-0.1, -0.05) is 0 Å². The Morgan fingerprint density at radius 3 is 2.80 bits per heavy atom. The van der Waals surface area contributed by atoms with Crippen molar-refractivity contribution < 1.29 is 13.9 Å². The molecule has 110 valence electrons. The van der Waals surface area contributed by atoms with Crippen molar-refractivity contribution in [3.63, 3.8) is 0 Å². The van der Waals surface area contributed by atoms with Crippen LogP contribution in [0.3, 0.4) is 0 Å². The standard InChI is InChI=1S/C15H20FNO2S/c16-13-9-11(17)1-2-14(13)20-12-3-6-19-15(10-12)4-7-18-8-5-15/h1-2,9,12H,3-8,10,17H2. The predicted molar refractivity (Wildman–Crippen MR) is 78.4 cm³/mol. The first-order chi connectivity index (χ1) is 9.67. The SMILES string of the molecule is Nc1ccc(SC2CCOC3(CCOCC3)C2)c(F)c1. The van der Waals surface area contributed by atoms with Crippen molar-refractivity contribution in [2.45, 2.75) is 41.4 Å². The first kappa shape index (κ1) is 14.2. The van der Waals surface area contributed by atoms with E-state index < -0.39 is 0 Å². The molecule has 3 rings (SSSR count). The summed E-state index contributed by atoms with van der Waals surface area (Å²) in [6.07, 6.45) is 3.85. The Morgan fingerprint density at radius 1 is 1.25 bits per heavy atom. The maximum absolute atomic E-state index is 13.9. The van der Waals surface area contributed by atoms with Gasteiger partial charge in [0.25, 0.3) is 0 Å². The smallest absolute Gasteiger partial charge is 0.138 e. The molecule has 3 nitrogen and oxygen atoms in total. The zero-order valence-electron chi connectivity index (χ0n) is 11.4. The molecule has 0 aliphatic carbocycles. The van der Waals surface area contributed by atoms with Crippen LogP contribution in [0.4, 0.5) is 10.1 Å². The van der Waals surface area contributed by atoms with Gasteiger partial charge in [0.2, 0.25) is 0 Å². The van der Waals surface area contributed by atoms with Gasteiger partial charge in [0.05, 0.1) is 5.60 Å². The lowest BCUT2D eigenvalue weighted by atomic mass is 9.86. The van der Waals surface area contributed by atoms with Gasteiger partial charge < -0.3 is 15.2 Å². The monoisotopic (exact) mass is 297 g/mol. The second kappa shape index (κ2) is 5.92. The molecule has 1 aromatic rings. The maximum atomic E-state index is 13.9. The largest absolute Gasteiger partial charge is 0.399 e. The first-order valence-corrected chi connectivity index (χ1v) is 7.98. The number of hydrogen-bond acceptors (Lipinski definition) is 4. The fraction of sp³-hybridized carbons (Fsp3) is 0.600. The van der Waals surface area contributed by atoms with Crippen molar-refractivity contribution in [2.75, 3.05) is 25.6 Å². The molecular weight excluding hydrogens is 277 g/mol. The lowest BCUT2D eigenvalue weighted by Gasteiger charge is -2.43. The minimum absolute atomic E-state index is 0.0432. The van der Waals surface area contributed by atoms with Crippen LogP contribution in [-0.2, 0) is 9.47 Å². The summed E-state index contributed by atoms with van der Waals surface area (Å²) in [6, 6.07) is 4.93. The first-order valence-electron chi connectivity index (χ1n) is 7.10. The Kier molecular flexibility index (Phi) is 4.19. The minimum atomic E-state index is -0.220. The van der Waals surface area contributed by atoms with Crippen LogP contribution in [0.1, 0.15) is 25.7 Å². The third-order valence-corrected chi connectivity index (χ3v) is 5.42. The molecule has 1 atom stereocenters. The molecule has 2 saturated heterocycles. The number of nitrogen functional groups attached to an aromatic ring is 1. The average Bonchev–Trinajstić information content (AvgIpc) is 2.43. The van der Waals surface area contributed by atoms with Crippen molar-refractivity contribution >= 4 is 17.4 Å². The van der Waals surface area contributed by atoms with E-state index in [-0.39, 0.29) is 11.4 Å². The molecule has 2 heterocycles. The third-order valence-electron chi connectivity index (χ3n) is 4.10. The van der Waals surface area contributed by atoms with Gasteiger partial charge in [0.1, 0.15) is 5.82 Å². The van der Waals surface area contributed by atoms with Gasteiger partial charge in [-0.05, 0) is 43.9 Å². The quantitative estimate of drug-likeness (QED) is 0.851. The number of hydrogen-bond donors (Lipinski definition) is 1. The molecule has 0 bridgehead atoms. The van der Waals surface area contributed by atoms with Gasteiger partial charge in [0, 0.05) is 35.7 Å². The number of nitrogens with two attached hydrogens (primary N) is 1. The molecule has 0 saturated carbocycles. The molecule has 2 aliphatic rings. The molecule has 1 unspecified atom stereocenters. The number of rotatable bonds is 2. The summed E-state index contributed by atoms with van der Waals surface area (Å²) >= 11 is 1.62. The van der Waals surface area contributed by atoms with Crippen molar-refractivity contribution in [1.29, 1.82) is 0 Å². The Hall–Kier alpha value is -0.780. The highest BCUT2D eigenvalue weighted by Crippen LogP contribution is 2.41. The lowest BCUT2D eigenvalue weighted by Crippen LogP contribution is -2.45. The van der Waals surface area contributed by atoms with E-state index in [2.05, 4.69) is 0 Å². The molecule has 2 N–H and O–H groups in total. The molecule has 5 heteroatoms. The van der Waals surface area contributed by atoms with Gasteiger partial charge in [-0.2, -0.15) is 0 Å². The average molecular weight is 297 g/mol. The summed E-state index contributed by atoms with van der Waals surface area (Å²) < 4.78 is 25.3. The highest BCUT2D eigenvalue weighted by Gasteiger charge is 2.39. The van der Waals surface area contributed by atoms with Crippen LogP contribution in [0.25, 0.3) is 0 Å². The summed E-state index contributed by atoms with van der Waals surface area (Å²) in [4.78, 5) is 0.688. The van der Waals surface area contributed by atoms with Crippen LogP contribution >= 0.6 is 11.8 Å². The Labute approximate surface area is 123 Å². The van der Waals surface area contributed by atoms with E-state index in [0.717, 1.165) is 45.5 Å². The molecule has 1 spiro atoms. The van der Waals surface area contributed by atoms with E-state index in [1.54, 1.807) is 23.9 Å². The molecule has 2 fully saturated rings. The minimum Gasteiger partial charge on any atom is -0.399 e. The topological polar surface area (TPSA) is 44.5 Å². The molecular formula is C15H20FNO2S. The number of ether oxygens (including phenoxy) is 2. The molecule has 0 radical (unpaired) electrons. The van der Waals surface area contributed by atoms with E-state index in [9.17, 15) is 4.39 Å². The normalized spacial score (nSPS) is 25.8. The predicted octanol–water partition coefficient (Wildman–Crippen LogP) is 3.23. The van der Waals surface area contributed by atoms with Crippen molar-refractivity contribution in [1.82, 2.24) is 0 Å². The second-order valence-electron chi connectivity index (χ2n) is 5.57. The summed E-state index contributed by atoms with van der Waals surface area (Å²) in [7, 11) is 0. The van der Waals surface area contributed by atoms with Crippen LogP contribution in [0.5, 0.6) is 0 Å². The van der Waals surface area contributed by atoms with Gasteiger partial charge in [-0.25, -0.2) is 4.39 Å². The van der Waals surface area contributed by atoms with Gasteiger partial charge >= 0.3 is 0 Å². The van der Waals surface area contributed by atoms with E-state index in [1.807, 2.05) is 0 Å². The van der Waals surface area contributed by atoms with Crippen LogP contribution in [0.15, 0.2) is 23.1 Å². The van der Waals surface area contributed by atoms with Crippen molar-refractivity contribution in [2.24, 2.45) is 0 Å². The Bertz CT molecular complexity index is 471. The molecule has 1 aromatic carbocycles. The number of thioether (sulfide) groups is 1. The summed E-state index contributed by atoms with van der Waals surface area (Å²) in [5.74, 6) is -0.220. The van der Waals surface area contributed by atoms with Crippen LogP contribution in [0.2, 0.25) is 0 Å². The van der Waals surface area contributed by atoms with E-state index in [1.165, 1.54) is 6.07 Å². The molecule has 20 heavy (non-hydrogen) atoms. The lowest BCUT2D eigenvalue weighted by molar-refractivity contribution is -0.131. The Balaban J connectivity index is 1.68. The second-order valence-corrected chi connectivity index (χ2v) is 6.91.